The van der Waals surface area contributed by atoms with Gasteiger partial charge in [-0.15, -0.1) is 0 Å². The van der Waals surface area contributed by atoms with Crippen LogP contribution in [0.1, 0.15) is 11.6 Å². The third-order valence-electron chi connectivity index (χ3n) is 2.39. The van der Waals surface area contributed by atoms with Crippen LogP contribution in [-0.2, 0) is 14.3 Å². The summed E-state index contributed by atoms with van der Waals surface area (Å²) in [4.78, 5) is 22.6. The average Bonchev–Trinajstić information content (AvgIpc) is 2.38. The second-order valence-corrected chi connectivity index (χ2v) is 3.74. The number of nitrogens with two attached hydrogens (primary N) is 1. The summed E-state index contributed by atoms with van der Waals surface area (Å²) in [6, 6.07) is 6.73. The van der Waals surface area contributed by atoms with Crippen LogP contribution in [0.25, 0.3) is 0 Å². The molecule has 0 aliphatic rings. The molecule has 18 heavy (non-hydrogen) atoms. The van der Waals surface area contributed by atoms with Gasteiger partial charge in [-0.3, -0.25) is 4.79 Å². The number of rotatable bonds is 6. The molecule has 1 aromatic rings. The van der Waals surface area contributed by atoms with E-state index in [0.717, 1.165) is 0 Å². The highest BCUT2D eigenvalue weighted by Gasteiger charge is 2.23. The number of nitrogens with one attached hydrogen (secondary N) is 1. The Hall–Kier alpha value is -1.92. The Kier molecular flexibility index (Phi) is 5.29. The predicted molar refractivity (Wildman–Crippen MR) is 64.8 cm³/mol. The van der Waals surface area contributed by atoms with E-state index in [-0.39, 0.29) is 6.61 Å². The van der Waals surface area contributed by atoms with Crippen LogP contribution in [0, 0.1) is 0 Å². The molecule has 0 bridgehead atoms. The number of aliphatic carboxylic acids is 1. The maximum absolute atomic E-state index is 11.8. The second kappa shape index (κ2) is 6.73. The van der Waals surface area contributed by atoms with Crippen LogP contribution in [-0.4, -0.2) is 36.7 Å². The first-order valence-corrected chi connectivity index (χ1v) is 5.39. The van der Waals surface area contributed by atoms with Crippen LogP contribution >= 0.6 is 0 Å². The lowest BCUT2D eigenvalue weighted by molar-refractivity contribution is -0.143. The number of carboxylic acids is 1. The van der Waals surface area contributed by atoms with Gasteiger partial charge in [0.15, 0.2) is 6.04 Å². The van der Waals surface area contributed by atoms with Crippen LogP contribution in [0.15, 0.2) is 30.3 Å². The molecule has 1 aromatic carbocycles. The molecule has 1 rings (SSSR count). The molecular weight excluding hydrogens is 236 g/mol. The highest BCUT2D eigenvalue weighted by molar-refractivity contribution is 5.87. The van der Waals surface area contributed by atoms with Crippen molar-refractivity contribution in [2.75, 3.05) is 13.7 Å². The molecule has 1 unspecified atom stereocenters. The normalized spacial score (nSPS) is 13.7. The summed E-state index contributed by atoms with van der Waals surface area (Å²) in [6.07, 6.45) is 0. The van der Waals surface area contributed by atoms with E-state index in [0.29, 0.717) is 5.56 Å². The molecule has 0 heterocycles. The van der Waals surface area contributed by atoms with E-state index in [2.05, 4.69) is 5.32 Å². The summed E-state index contributed by atoms with van der Waals surface area (Å²) in [5.74, 6) is -1.71. The summed E-state index contributed by atoms with van der Waals surface area (Å²) in [5.41, 5.74) is 6.36. The van der Waals surface area contributed by atoms with Gasteiger partial charge in [0.2, 0.25) is 5.91 Å². The summed E-state index contributed by atoms with van der Waals surface area (Å²) in [5, 5.41) is 11.2. The Morgan fingerprint density at radius 1 is 1.39 bits per heavy atom. The van der Waals surface area contributed by atoms with Crippen molar-refractivity contribution in [3.63, 3.8) is 0 Å². The van der Waals surface area contributed by atoms with Crippen molar-refractivity contribution in [2.24, 2.45) is 5.73 Å². The number of benzene rings is 1. The fraction of sp³-hybridized carbons (Fsp3) is 0.333. The van der Waals surface area contributed by atoms with Crippen molar-refractivity contribution in [3.05, 3.63) is 35.9 Å². The van der Waals surface area contributed by atoms with E-state index < -0.39 is 24.0 Å². The molecule has 0 saturated carbocycles. The Morgan fingerprint density at radius 2 is 2.00 bits per heavy atom. The van der Waals surface area contributed by atoms with Gasteiger partial charge in [0.05, 0.1) is 6.61 Å². The second-order valence-electron chi connectivity index (χ2n) is 3.74. The van der Waals surface area contributed by atoms with Crippen molar-refractivity contribution in [1.82, 2.24) is 5.32 Å². The van der Waals surface area contributed by atoms with Gasteiger partial charge in [0.1, 0.15) is 6.04 Å². The fourth-order valence-electron chi connectivity index (χ4n) is 1.41. The lowest BCUT2D eigenvalue weighted by atomic mass is 10.1. The molecule has 0 fully saturated rings. The minimum absolute atomic E-state index is 0.109. The van der Waals surface area contributed by atoms with Crippen molar-refractivity contribution < 1.29 is 19.4 Å². The van der Waals surface area contributed by atoms with Gasteiger partial charge in [-0.05, 0) is 5.56 Å². The third-order valence-corrected chi connectivity index (χ3v) is 2.39. The molecule has 0 aliphatic carbocycles. The Morgan fingerprint density at radius 3 is 2.50 bits per heavy atom. The van der Waals surface area contributed by atoms with Gasteiger partial charge in [-0.25, -0.2) is 4.79 Å². The molecule has 0 radical (unpaired) electrons. The number of hydrogen-bond acceptors (Lipinski definition) is 4. The monoisotopic (exact) mass is 252 g/mol. The molecule has 6 heteroatoms. The van der Waals surface area contributed by atoms with Gasteiger partial charge in [0.25, 0.3) is 0 Å². The molecule has 0 saturated heterocycles. The van der Waals surface area contributed by atoms with E-state index in [1.807, 2.05) is 0 Å². The lowest BCUT2D eigenvalue weighted by Gasteiger charge is -2.17. The van der Waals surface area contributed by atoms with Gasteiger partial charge >= 0.3 is 5.97 Å². The predicted octanol–water partition coefficient (Wildman–Crippen LogP) is -0.0978. The number of amides is 1. The van der Waals surface area contributed by atoms with Gasteiger partial charge in [-0.2, -0.15) is 0 Å². The lowest BCUT2D eigenvalue weighted by Crippen LogP contribution is -2.47. The number of carbonyl (C=O) groups is 2. The maximum atomic E-state index is 11.8. The van der Waals surface area contributed by atoms with Crippen molar-refractivity contribution in [2.45, 2.75) is 12.1 Å². The van der Waals surface area contributed by atoms with E-state index in [9.17, 15) is 9.59 Å². The number of hydrogen-bond donors (Lipinski definition) is 3. The summed E-state index contributed by atoms with van der Waals surface area (Å²) < 4.78 is 4.72. The molecular formula is C12H16N2O4. The maximum Gasteiger partial charge on any atom is 0.328 e. The van der Waals surface area contributed by atoms with Crippen LogP contribution in [0.2, 0.25) is 0 Å². The van der Waals surface area contributed by atoms with Gasteiger partial charge < -0.3 is 20.9 Å². The van der Waals surface area contributed by atoms with Crippen LogP contribution in [0.4, 0.5) is 0 Å². The first-order chi connectivity index (χ1) is 8.56. The van der Waals surface area contributed by atoms with E-state index >= 15 is 0 Å². The van der Waals surface area contributed by atoms with Gasteiger partial charge in [0, 0.05) is 7.11 Å². The van der Waals surface area contributed by atoms with Crippen LogP contribution < -0.4 is 11.1 Å². The molecule has 0 aliphatic heterocycles. The van der Waals surface area contributed by atoms with E-state index in [4.69, 9.17) is 15.6 Å². The van der Waals surface area contributed by atoms with Crippen molar-refractivity contribution >= 4 is 11.9 Å². The van der Waals surface area contributed by atoms with Gasteiger partial charge in [-0.1, -0.05) is 30.3 Å². The highest BCUT2D eigenvalue weighted by Crippen LogP contribution is 2.09. The van der Waals surface area contributed by atoms with Crippen molar-refractivity contribution in [3.8, 4) is 0 Å². The highest BCUT2D eigenvalue weighted by atomic mass is 16.5. The first-order valence-electron chi connectivity index (χ1n) is 5.39. The standard InChI is InChI=1S/C12H16N2O4/c1-18-7-9(12(16)17)14-11(15)10(13)8-5-3-2-4-6-8/h2-6,9-10H,7,13H2,1H3,(H,14,15)(H,16,17)/t9?,10-/m1/s1. The Labute approximate surface area is 105 Å². The third kappa shape index (κ3) is 3.83. The molecule has 98 valence electrons. The smallest absolute Gasteiger partial charge is 0.328 e. The Bertz CT molecular complexity index is 408. The zero-order valence-electron chi connectivity index (χ0n) is 10.00. The summed E-state index contributed by atoms with van der Waals surface area (Å²) >= 11 is 0. The summed E-state index contributed by atoms with van der Waals surface area (Å²) in [6.45, 7) is -0.109. The zero-order valence-corrected chi connectivity index (χ0v) is 10.00. The quantitative estimate of drug-likeness (QED) is 0.656. The van der Waals surface area contributed by atoms with Crippen LogP contribution in [0.3, 0.4) is 0 Å². The largest absolute Gasteiger partial charge is 0.480 e. The minimum Gasteiger partial charge on any atom is -0.480 e. The Balaban J connectivity index is 2.67. The van der Waals surface area contributed by atoms with Crippen molar-refractivity contribution in [1.29, 1.82) is 0 Å². The summed E-state index contributed by atoms with van der Waals surface area (Å²) in [7, 11) is 1.36. The first kappa shape index (κ1) is 14.1. The molecule has 4 N–H and O–H groups in total. The fourth-order valence-corrected chi connectivity index (χ4v) is 1.41. The minimum atomic E-state index is -1.16. The number of carboxylic acid groups (broad SMARTS) is 1. The van der Waals surface area contributed by atoms with Crippen LogP contribution in [0.5, 0.6) is 0 Å². The SMILES string of the molecule is COCC(NC(=O)[C@H](N)c1ccccc1)C(=O)O. The molecule has 0 aromatic heterocycles. The molecule has 2 atom stereocenters. The molecule has 0 spiro atoms. The number of methoxy groups -OCH3 is 1. The molecule has 1 amide bonds. The zero-order chi connectivity index (χ0) is 13.5. The number of ether oxygens (including phenoxy) is 1. The van der Waals surface area contributed by atoms with E-state index in [1.54, 1.807) is 30.3 Å². The molecule has 6 nitrogen and oxygen atoms in total. The average molecular weight is 252 g/mol. The topological polar surface area (TPSA) is 102 Å². The van der Waals surface area contributed by atoms with E-state index in [1.165, 1.54) is 7.11 Å². The number of carbonyl (C=O) groups excluding carboxylic acids is 1.